The minimum atomic E-state index is -0.857. The molecule has 7 heteroatoms. The summed E-state index contributed by atoms with van der Waals surface area (Å²) in [5, 5.41) is 0. The van der Waals surface area contributed by atoms with Gasteiger partial charge in [-0.05, 0) is 46.5 Å². The Morgan fingerprint density at radius 1 is 1.18 bits per heavy atom. The average molecular weight is 394 g/mol. The van der Waals surface area contributed by atoms with Gasteiger partial charge in [-0.2, -0.15) is 0 Å². The largest absolute Gasteiger partial charge is 0.462 e. The summed E-state index contributed by atoms with van der Waals surface area (Å²) in [6.45, 7) is 8.25. The molecule has 156 valence electrons. The summed E-state index contributed by atoms with van der Waals surface area (Å²) >= 11 is 0. The molecule has 0 amide bonds. The van der Waals surface area contributed by atoms with Crippen LogP contribution in [-0.4, -0.2) is 49.4 Å². The molecule has 0 aromatic heterocycles. The highest BCUT2D eigenvalue weighted by Crippen LogP contribution is 2.55. The quantitative estimate of drug-likeness (QED) is 0.354. The number of carbonyl (C=O) groups excluding carboxylic acids is 3. The van der Waals surface area contributed by atoms with E-state index >= 15 is 0 Å². The third kappa shape index (κ3) is 3.31. The van der Waals surface area contributed by atoms with E-state index in [-0.39, 0.29) is 60.6 Å². The van der Waals surface area contributed by atoms with Gasteiger partial charge in [-0.25, -0.2) is 0 Å². The summed E-state index contributed by atoms with van der Waals surface area (Å²) in [5.74, 6) is -0.407. The molecular formula is C21H30O7. The molecule has 4 aliphatic rings. The molecule has 0 aromatic carbocycles. The fraction of sp³-hybridized carbons (Fsp3) is 0.857. The number of ether oxygens (including phenoxy) is 4. The SMILES string of the molecule is CCC(C)(CC(C)(C)C(=O)OC1C2CC3C(=O)OC1C3C2)C(=O)OCC1CO1. The van der Waals surface area contributed by atoms with Crippen molar-refractivity contribution in [2.45, 2.75) is 71.7 Å². The molecule has 2 bridgehead atoms. The topological polar surface area (TPSA) is 91.4 Å². The molecular weight excluding hydrogens is 364 g/mol. The molecule has 4 fully saturated rings. The molecule has 7 nitrogen and oxygen atoms in total. The number of fused-ring (bicyclic) bond motifs is 1. The van der Waals surface area contributed by atoms with Gasteiger partial charge in [0.2, 0.25) is 0 Å². The van der Waals surface area contributed by atoms with E-state index in [0.29, 0.717) is 19.4 Å². The van der Waals surface area contributed by atoms with Crippen LogP contribution in [0, 0.1) is 28.6 Å². The van der Waals surface area contributed by atoms with Gasteiger partial charge in [0, 0.05) is 11.8 Å². The number of carbonyl (C=O) groups is 3. The van der Waals surface area contributed by atoms with E-state index in [0.717, 1.165) is 12.8 Å². The van der Waals surface area contributed by atoms with Gasteiger partial charge in [0.05, 0.1) is 23.4 Å². The summed E-state index contributed by atoms with van der Waals surface area (Å²) in [6, 6.07) is 0. The zero-order chi connectivity index (χ0) is 20.3. The Morgan fingerprint density at radius 2 is 1.89 bits per heavy atom. The number of hydrogen-bond donors (Lipinski definition) is 0. The first-order valence-corrected chi connectivity index (χ1v) is 10.3. The number of rotatable bonds is 8. The van der Waals surface area contributed by atoms with Gasteiger partial charge in [0.15, 0.2) is 0 Å². The van der Waals surface area contributed by atoms with E-state index in [4.69, 9.17) is 18.9 Å². The Balaban J connectivity index is 1.38. The fourth-order valence-corrected chi connectivity index (χ4v) is 5.24. The number of hydrogen-bond acceptors (Lipinski definition) is 7. The summed E-state index contributed by atoms with van der Waals surface area (Å²) in [4.78, 5) is 37.6. The standard InChI is InChI=1S/C21H30O7/c1-5-21(4,19(24)26-9-12-8-25-12)10-20(2,3)18(23)28-15-11-6-13-14(7-11)17(22)27-16(13)15/h11-16H,5-10H2,1-4H3. The molecule has 2 aliphatic carbocycles. The molecule has 2 saturated heterocycles. The first-order valence-electron chi connectivity index (χ1n) is 10.3. The molecule has 2 saturated carbocycles. The lowest BCUT2D eigenvalue weighted by atomic mass is 9.72. The van der Waals surface area contributed by atoms with E-state index in [1.807, 2.05) is 13.8 Å². The zero-order valence-electron chi connectivity index (χ0n) is 17.1. The average Bonchev–Trinajstić information content (AvgIpc) is 3.22. The second kappa shape index (κ2) is 6.71. The highest BCUT2D eigenvalue weighted by molar-refractivity contribution is 5.81. The number of esters is 3. The van der Waals surface area contributed by atoms with Crippen LogP contribution in [0.4, 0.5) is 0 Å². The summed E-state index contributed by atoms with van der Waals surface area (Å²) in [6.07, 6.45) is 1.89. The van der Waals surface area contributed by atoms with Crippen LogP contribution >= 0.6 is 0 Å². The molecule has 2 heterocycles. The van der Waals surface area contributed by atoms with Crippen molar-refractivity contribution in [3.8, 4) is 0 Å². The maximum atomic E-state index is 13.0. The van der Waals surface area contributed by atoms with Crippen molar-refractivity contribution in [2.24, 2.45) is 28.6 Å². The van der Waals surface area contributed by atoms with E-state index in [2.05, 4.69) is 0 Å². The van der Waals surface area contributed by atoms with E-state index in [1.165, 1.54) is 0 Å². The van der Waals surface area contributed by atoms with Crippen LogP contribution in [0.25, 0.3) is 0 Å². The fourth-order valence-electron chi connectivity index (χ4n) is 5.24. The van der Waals surface area contributed by atoms with Crippen LogP contribution in [0.1, 0.15) is 53.4 Å². The lowest BCUT2D eigenvalue weighted by Crippen LogP contribution is -2.43. The van der Waals surface area contributed by atoms with Crippen LogP contribution in [0.3, 0.4) is 0 Å². The number of epoxide rings is 1. The minimum Gasteiger partial charge on any atom is -0.462 e. The highest BCUT2D eigenvalue weighted by Gasteiger charge is 2.63. The lowest BCUT2D eigenvalue weighted by Gasteiger charge is -2.35. The zero-order valence-corrected chi connectivity index (χ0v) is 17.1. The van der Waals surface area contributed by atoms with Gasteiger partial charge < -0.3 is 18.9 Å². The van der Waals surface area contributed by atoms with Gasteiger partial charge in [0.25, 0.3) is 0 Å². The minimum absolute atomic E-state index is 0.00781. The van der Waals surface area contributed by atoms with Crippen molar-refractivity contribution in [3.05, 3.63) is 0 Å². The first-order chi connectivity index (χ1) is 13.1. The van der Waals surface area contributed by atoms with E-state index in [9.17, 15) is 14.4 Å². The van der Waals surface area contributed by atoms with Crippen molar-refractivity contribution in [1.82, 2.24) is 0 Å². The maximum Gasteiger partial charge on any atom is 0.311 e. The van der Waals surface area contributed by atoms with Crippen molar-refractivity contribution in [1.29, 1.82) is 0 Å². The van der Waals surface area contributed by atoms with Gasteiger partial charge >= 0.3 is 17.9 Å². The Hall–Kier alpha value is -1.63. The molecule has 4 rings (SSSR count). The van der Waals surface area contributed by atoms with Crippen LogP contribution in [0.15, 0.2) is 0 Å². The molecule has 0 N–H and O–H groups in total. The summed E-state index contributed by atoms with van der Waals surface area (Å²) in [5.41, 5.74) is -1.64. The van der Waals surface area contributed by atoms with E-state index in [1.54, 1.807) is 13.8 Å². The Bertz CT molecular complexity index is 682. The molecule has 7 unspecified atom stereocenters. The van der Waals surface area contributed by atoms with Crippen molar-refractivity contribution in [3.63, 3.8) is 0 Å². The van der Waals surface area contributed by atoms with Crippen LogP contribution < -0.4 is 0 Å². The van der Waals surface area contributed by atoms with Gasteiger partial charge in [-0.1, -0.05) is 6.92 Å². The molecule has 7 atom stereocenters. The molecule has 2 aliphatic heterocycles. The summed E-state index contributed by atoms with van der Waals surface area (Å²) in [7, 11) is 0. The maximum absolute atomic E-state index is 13.0. The Morgan fingerprint density at radius 3 is 2.54 bits per heavy atom. The van der Waals surface area contributed by atoms with E-state index < -0.39 is 10.8 Å². The highest BCUT2D eigenvalue weighted by atomic mass is 16.6. The van der Waals surface area contributed by atoms with Crippen LogP contribution in [0.2, 0.25) is 0 Å². The predicted octanol–water partition coefficient (Wildman–Crippen LogP) is 2.25. The molecule has 0 spiro atoms. The lowest BCUT2D eigenvalue weighted by molar-refractivity contribution is -0.174. The second-order valence-electron chi connectivity index (χ2n) is 9.80. The van der Waals surface area contributed by atoms with Gasteiger partial charge in [-0.15, -0.1) is 0 Å². The molecule has 28 heavy (non-hydrogen) atoms. The van der Waals surface area contributed by atoms with Crippen LogP contribution in [0.5, 0.6) is 0 Å². The van der Waals surface area contributed by atoms with Gasteiger partial charge in [-0.3, -0.25) is 14.4 Å². The predicted molar refractivity (Wildman–Crippen MR) is 97.0 cm³/mol. The smallest absolute Gasteiger partial charge is 0.311 e. The first kappa shape index (κ1) is 19.7. The third-order valence-electron chi connectivity index (χ3n) is 7.12. The normalized spacial score (nSPS) is 37.4. The monoisotopic (exact) mass is 394 g/mol. The van der Waals surface area contributed by atoms with Crippen molar-refractivity contribution >= 4 is 17.9 Å². The third-order valence-corrected chi connectivity index (χ3v) is 7.12. The Labute approximate surface area is 165 Å². The van der Waals surface area contributed by atoms with Crippen molar-refractivity contribution in [2.75, 3.05) is 13.2 Å². The van der Waals surface area contributed by atoms with Crippen molar-refractivity contribution < 1.29 is 33.3 Å². The molecule has 0 radical (unpaired) electrons. The summed E-state index contributed by atoms with van der Waals surface area (Å²) < 4.78 is 21.8. The van der Waals surface area contributed by atoms with Crippen LogP contribution in [-0.2, 0) is 33.3 Å². The molecule has 0 aromatic rings. The van der Waals surface area contributed by atoms with Gasteiger partial charge in [0.1, 0.15) is 24.9 Å². The second-order valence-corrected chi connectivity index (χ2v) is 9.80. The Kier molecular flexibility index (Phi) is 4.72.